The largest absolute Gasteiger partial charge is 0.478 e. The van der Waals surface area contributed by atoms with Gasteiger partial charge in [0.25, 0.3) is 0 Å². The number of carboxylic acids is 1. The fraction of sp³-hybridized carbons (Fsp3) is 0. The quantitative estimate of drug-likeness (QED) is 0.745. The molecule has 0 amide bonds. The summed E-state index contributed by atoms with van der Waals surface area (Å²) in [5, 5.41) is 8.50. The molecule has 0 saturated carbocycles. The molecule has 68 valence electrons. The Kier molecular flexibility index (Phi) is 3.03. The number of carbonyl (C=O) groups is 1. The molecule has 1 rings (SSSR count). The van der Waals surface area contributed by atoms with E-state index in [1.165, 1.54) is 18.2 Å². The van der Waals surface area contributed by atoms with Crippen LogP contribution in [0.2, 0.25) is 5.02 Å². The van der Waals surface area contributed by atoms with E-state index in [2.05, 4.69) is 0 Å². The second-order valence-corrected chi connectivity index (χ2v) is 2.71. The predicted molar refractivity (Wildman–Crippen MR) is 48.1 cm³/mol. The van der Waals surface area contributed by atoms with Crippen LogP contribution in [-0.2, 0) is 4.79 Å². The summed E-state index contributed by atoms with van der Waals surface area (Å²) in [6.07, 6.45) is 1.96. The van der Waals surface area contributed by atoms with E-state index in [1.807, 2.05) is 0 Å². The zero-order chi connectivity index (χ0) is 9.84. The summed E-state index contributed by atoms with van der Waals surface area (Å²) in [7, 11) is 0. The molecule has 1 aromatic rings. The number of carboxylic acid groups (broad SMARTS) is 1. The Bertz CT molecular complexity index is 340. The molecule has 13 heavy (non-hydrogen) atoms. The molecule has 0 atom stereocenters. The van der Waals surface area contributed by atoms with Crippen LogP contribution in [0.4, 0.5) is 4.39 Å². The SMILES string of the molecule is O=C(O)C=Cc1c(F)cccc1Cl. The topological polar surface area (TPSA) is 37.3 Å². The summed E-state index contributed by atoms with van der Waals surface area (Å²) >= 11 is 5.63. The summed E-state index contributed by atoms with van der Waals surface area (Å²) in [6, 6.07) is 4.16. The van der Waals surface area contributed by atoms with E-state index >= 15 is 0 Å². The van der Waals surface area contributed by atoms with Crippen LogP contribution in [0.25, 0.3) is 6.08 Å². The van der Waals surface area contributed by atoms with E-state index in [0.29, 0.717) is 0 Å². The number of rotatable bonds is 2. The highest BCUT2D eigenvalue weighted by molar-refractivity contribution is 6.32. The van der Waals surface area contributed by atoms with E-state index in [-0.39, 0.29) is 10.6 Å². The molecule has 0 unspecified atom stereocenters. The Morgan fingerprint density at radius 3 is 2.77 bits per heavy atom. The van der Waals surface area contributed by atoms with Crippen LogP contribution < -0.4 is 0 Å². The average molecular weight is 201 g/mol. The lowest BCUT2D eigenvalue weighted by Crippen LogP contribution is -1.88. The normalized spacial score (nSPS) is 10.6. The second kappa shape index (κ2) is 4.05. The van der Waals surface area contributed by atoms with Crippen LogP contribution in [0, 0.1) is 5.82 Å². The first-order valence-corrected chi connectivity index (χ1v) is 3.84. The third kappa shape index (κ3) is 2.56. The number of benzene rings is 1. The minimum absolute atomic E-state index is 0.0894. The van der Waals surface area contributed by atoms with Gasteiger partial charge in [0, 0.05) is 11.6 Å². The van der Waals surface area contributed by atoms with Crippen LogP contribution in [0.5, 0.6) is 0 Å². The second-order valence-electron chi connectivity index (χ2n) is 2.31. The van der Waals surface area contributed by atoms with Crippen molar-refractivity contribution in [3.8, 4) is 0 Å². The molecule has 0 heterocycles. The van der Waals surface area contributed by atoms with Crippen molar-refractivity contribution in [1.29, 1.82) is 0 Å². The standard InChI is InChI=1S/C9H6ClFO2/c10-7-2-1-3-8(11)6(7)4-5-9(12)13/h1-5H,(H,12,13). The van der Waals surface area contributed by atoms with Gasteiger partial charge in [-0.1, -0.05) is 17.7 Å². The molecule has 2 nitrogen and oxygen atoms in total. The van der Waals surface area contributed by atoms with Crippen molar-refractivity contribution in [2.45, 2.75) is 0 Å². The maximum absolute atomic E-state index is 13.0. The Morgan fingerprint density at radius 1 is 1.54 bits per heavy atom. The smallest absolute Gasteiger partial charge is 0.328 e. The van der Waals surface area contributed by atoms with Gasteiger partial charge in [-0.2, -0.15) is 0 Å². The van der Waals surface area contributed by atoms with Gasteiger partial charge in [-0.15, -0.1) is 0 Å². The molecule has 0 spiro atoms. The lowest BCUT2D eigenvalue weighted by Gasteiger charge is -1.97. The summed E-state index contributed by atoms with van der Waals surface area (Å²) in [5.74, 6) is -1.68. The van der Waals surface area contributed by atoms with Crippen molar-refractivity contribution < 1.29 is 14.3 Å². The first kappa shape index (κ1) is 9.74. The minimum Gasteiger partial charge on any atom is -0.478 e. The van der Waals surface area contributed by atoms with Crippen molar-refractivity contribution in [1.82, 2.24) is 0 Å². The zero-order valence-electron chi connectivity index (χ0n) is 6.50. The molecule has 0 aromatic heterocycles. The highest BCUT2D eigenvalue weighted by atomic mass is 35.5. The van der Waals surface area contributed by atoms with E-state index in [0.717, 1.165) is 12.2 Å². The number of hydrogen-bond acceptors (Lipinski definition) is 1. The van der Waals surface area contributed by atoms with Gasteiger partial charge in [-0.25, -0.2) is 9.18 Å². The molecule has 0 radical (unpaired) electrons. The highest BCUT2D eigenvalue weighted by Crippen LogP contribution is 2.19. The molecule has 1 aromatic carbocycles. The molecule has 0 fully saturated rings. The summed E-state index contributed by atoms with van der Waals surface area (Å²) in [4.78, 5) is 10.1. The van der Waals surface area contributed by atoms with Gasteiger partial charge >= 0.3 is 5.97 Å². The molecule has 0 aliphatic heterocycles. The van der Waals surface area contributed by atoms with Gasteiger partial charge in [0.05, 0.1) is 5.02 Å². The lowest BCUT2D eigenvalue weighted by atomic mass is 10.2. The van der Waals surface area contributed by atoms with E-state index < -0.39 is 11.8 Å². The zero-order valence-corrected chi connectivity index (χ0v) is 7.25. The Labute approximate surface area is 79.3 Å². The first-order chi connectivity index (χ1) is 6.11. The van der Waals surface area contributed by atoms with E-state index in [9.17, 15) is 9.18 Å². The van der Waals surface area contributed by atoms with Crippen molar-refractivity contribution in [2.24, 2.45) is 0 Å². The predicted octanol–water partition coefficient (Wildman–Crippen LogP) is 2.58. The Morgan fingerprint density at radius 2 is 2.23 bits per heavy atom. The van der Waals surface area contributed by atoms with Crippen molar-refractivity contribution in [3.05, 3.63) is 40.7 Å². The van der Waals surface area contributed by atoms with Crippen molar-refractivity contribution in [2.75, 3.05) is 0 Å². The average Bonchev–Trinajstić information content (AvgIpc) is 2.03. The Hall–Kier alpha value is -1.35. The lowest BCUT2D eigenvalue weighted by molar-refractivity contribution is -0.131. The number of aliphatic carboxylic acids is 1. The van der Waals surface area contributed by atoms with Gasteiger partial charge in [0.2, 0.25) is 0 Å². The summed E-state index contributed by atoms with van der Waals surface area (Å²) in [5.41, 5.74) is 0.0894. The monoisotopic (exact) mass is 200 g/mol. The fourth-order valence-corrected chi connectivity index (χ4v) is 1.05. The van der Waals surface area contributed by atoms with E-state index in [4.69, 9.17) is 16.7 Å². The van der Waals surface area contributed by atoms with Gasteiger partial charge in [0.15, 0.2) is 0 Å². The molecule has 1 N–H and O–H groups in total. The Balaban J connectivity index is 3.06. The third-order valence-corrected chi connectivity index (χ3v) is 1.72. The summed E-state index contributed by atoms with van der Waals surface area (Å²) < 4.78 is 13.0. The third-order valence-electron chi connectivity index (χ3n) is 1.39. The molecule has 0 bridgehead atoms. The molecular formula is C9H6ClFO2. The van der Waals surface area contributed by atoms with Gasteiger partial charge in [0.1, 0.15) is 5.82 Å². The van der Waals surface area contributed by atoms with Gasteiger partial charge in [-0.3, -0.25) is 0 Å². The van der Waals surface area contributed by atoms with Crippen LogP contribution in [0.15, 0.2) is 24.3 Å². The molecule has 0 aliphatic carbocycles. The molecule has 0 saturated heterocycles. The maximum Gasteiger partial charge on any atom is 0.328 e. The fourth-order valence-electron chi connectivity index (χ4n) is 0.825. The number of halogens is 2. The van der Waals surface area contributed by atoms with Gasteiger partial charge in [-0.05, 0) is 18.2 Å². The van der Waals surface area contributed by atoms with Gasteiger partial charge < -0.3 is 5.11 Å². The maximum atomic E-state index is 13.0. The molecule has 4 heteroatoms. The van der Waals surface area contributed by atoms with Crippen LogP contribution in [0.1, 0.15) is 5.56 Å². The van der Waals surface area contributed by atoms with Crippen molar-refractivity contribution >= 4 is 23.6 Å². The highest BCUT2D eigenvalue weighted by Gasteiger charge is 2.02. The van der Waals surface area contributed by atoms with Crippen LogP contribution in [0.3, 0.4) is 0 Å². The van der Waals surface area contributed by atoms with Crippen LogP contribution in [-0.4, -0.2) is 11.1 Å². The summed E-state index contributed by atoms with van der Waals surface area (Å²) in [6.45, 7) is 0. The van der Waals surface area contributed by atoms with Crippen LogP contribution >= 0.6 is 11.6 Å². The number of hydrogen-bond donors (Lipinski definition) is 1. The molecular weight excluding hydrogens is 195 g/mol. The molecule has 0 aliphatic rings. The van der Waals surface area contributed by atoms with E-state index in [1.54, 1.807) is 0 Å². The first-order valence-electron chi connectivity index (χ1n) is 3.46. The minimum atomic E-state index is -1.14. The van der Waals surface area contributed by atoms with Crippen molar-refractivity contribution in [3.63, 3.8) is 0 Å².